The predicted octanol–water partition coefficient (Wildman–Crippen LogP) is 2.17. The number of benzene rings is 2. The van der Waals surface area contributed by atoms with Gasteiger partial charge in [0, 0.05) is 19.8 Å². The van der Waals surface area contributed by atoms with Crippen LogP contribution in [0.15, 0.2) is 54.2 Å². The fourth-order valence-corrected chi connectivity index (χ4v) is 2.33. The molecule has 2 aromatic rings. The van der Waals surface area contributed by atoms with Crippen molar-refractivity contribution in [2.75, 3.05) is 19.0 Å². The Bertz CT molecular complexity index is 801. The number of hydrogen-bond donors (Lipinski definition) is 3. The number of halogens is 1. The van der Waals surface area contributed by atoms with Crippen LogP contribution >= 0.6 is 11.6 Å². The molecule has 0 heterocycles. The SMILES string of the molecule is CN(C)c1ccc(/C=C(\NC(=O)c2ccccc2Cl)C(=O)NN)cc1. The van der Waals surface area contributed by atoms with Crippen LogP contribution in [0.3, 0.4) is 0 Å². The van der Waals surface area contributed by atoms with E-state index in [0.717, 1.165) is 11.3 Å². The zero-order chi connectivity index (χ0) is 18.4. The summed E-state index contributed by atoms with van der Waals surface area (Å²) >= 11 is 6.01. The number of hydrazine groups is 1. The zero-order valence-corrected chi connectivity index (χ0v) is 14.7. The van der Waals surface area contributed by atoms with Gasteiger partial charge in [0.2, 0.25) is 0 Å². The van der Waals surface area contributed by atoms with E-state index in [1.54, 1.807) is 24.3 Å². The number of nitrogens with two attached hydrogens (primary N) is 1. The van der Waals surface area contributed by atoms with E-state index in [9.17, 15) is 9.59 Å². The molecule has 2 amide bonds. The van der Waals surface area contributed by atoms with Gasteiger partial charge in [-0.2, -0.15) is 0 Å². The average Bonchev–Trinajstić information content (AvgIpc) is 2.61. The van der Waals surface area contributed by atoms with Crippen LogP contribution in [-0.4, -0.2) is 25.9 Å². The molecule has 0 aliphatic rings. The van der Waals surface area contributed by atoms with Crippen LogP contribution in [0.25, 0.3) is 6.08 Å². The lowest BCUT2D eigenvalue weighted by Gasteiger charge is -2.13. The van der Waals surface area contributed by atoms with Crippen LogP contribution in [0.1, 0.15) is 15.9 Å². The molecule has 0 fully saturated rings. The number of nitrogens with zero attached hydrogens (tertiary/aromatic N) is 1. The highest BCUT2D eigenvalue weighted by atomic mass is 35.5. The molecule has 0 unspecified atom stereocenters. The van der Waals surface area contributed by atoms with Crippen molar-refractivity contribution in [2.45, 2.75) is 0 Å². The smallest absolute Gasteiger partial charge is 0.281 e. The second-order valence-electron chi connectivity index (χ2n) is 5.45. The van der Waals surface area contributed by atoms with Gasteiger partial charge < -0.3 is 10.2 Å². The molecule has 0 saturated carbocycles. The highest BCUT2D eigenvalue weighted by molar-refractivity contribution is 6.34. The molecule has 6 nitrogen and oxygen atoms in total. The number of amides is 2. The highest BCUT2D eigenvalue weighted by Gasteiger charge is 2.15. The molecule has 2 aromatic carbocycles. The van der Waals surface area contributed by atoms with Crippen molar-refractivity contribution in [3.63, 3.8) is 0 Å². The van der Waals surface area contributed by atoms with Gasteiger partial charge in [0.05, 0.1) is 10.6 Å². The van der Waals surface area contributed by atoms with Gasteiger partial charge >= 0.3 is 0 Å². The molecule has 4 N–H and O–H groups in total. The Balaban J connectivity index is 2.28. The van der Waals surface area contributed by atoms with Gasteiger partial charge in [-0.25, -0.2) is 5.84 Å². The highest BCUT2D eigenvalue weighted by Crippen LogP contribution is 2.17. The van der Waals surface area contributed by atoms with Crippen LogP contribution in [0.4, 0.5) is 5.69 Å². The summed E-state index contributed by atoms with van der Waals surface area (Å²) in [7, 11) is 3.87. The van der Waals surface area contributed by atoms with Crippen molar-refractivity contribution in [2.24, 2.45) is 5.84 Å². The maximum absolute atomic E-state index is 12.4. The Labute approximate surface area is 151 Å². The third kappa shape index (κ3) is 4.82. The van der Waals surface area contributed by atoms with Gasteiger partial charge in [0.25, 0.3) is 11.8 Å². The quantitative estimate of drug-likeness (QED) is 0.331. The summed E-state index contributed by atoms with van der Waals surface area (Å²) < 4.78 is 0. The molecular weight excluding hydrogens is 340 g/mol. The number of rotatable bonds is 5. The summed E-state index contributed by atoms with van der Waals surface area (Å²) in [4.78, 5) is 26.3. The Hall–Kier alpha value is -2.83. The van der Waals surface area contributed by atoms with Gasteiger partial charge in [0.1, 0.15) is 5.70 Å². The summed E-state index contributed by atoms with van der Waals surface area (Å²) in [6.45, 7) is 0. The number of hydrogen-bond acceptors (Lipinski definition) is 4. The van der Waals surface area contributed by atoms with Gasteiger partial charge in [-0.15, -0.1) is 0 Å². The van der Waals surface area contributed by atoms with E-state index in [4.69, 9.17) is 17.4 Å². The van der Waals surface area contributed by atoms with Crippen molar-refractivity contribution in [3.05, 3.63) is 70.4 Å². The third-order valence-electron chi connectivity index (χ3n) is 3.46. The second-order valence-corrected chi connectivity index (χ2v) is 5.86. The van der Waals surface area contributed by atoms with Crippen molar-refractivity contribution >= 4 is 35.2 Å². The van der Waals surface area contributed by atoms with Gasteiger partial charge in [-0.3, -0.25) is 15.0 Å². The minimum Gasteiger partial charge on any atom is -0.378 e. The Morgan fingerprint density at radius 2 is 1.72 bits per heavy atom. The first-order chi connectivity index (χ1) is 11.9. The minimum atomic E-state index is -0.614. The first kappa shape index (κ1) is 18.5. The largest absolute Gasteiger partial charge is 0.378 e. The van der Waals surface area contributed by atoms with Crippen LogP contribution < -0.4 is 21.5 Å². The first-order valence-corrected chi connectivity index (χ1v) is 7.86. The molecule has 0 aliphatic carbocycles. The zero-order valence-electron chi connectivity index (χ0n) is 13.9. The normalized spacial score (nSPS) is 11.0. The van der Waals surface area contributed by atoms with Crippen molar-refractivity contribution in [1.82, 2.24) is 10.7 Å². The topological polar surface area (TPSA) is 87.5 Å². The van der Waals surface area contributed by atoms with E-state index in [2.05, 4.69) is 5.32 Å². The van der Waals surface area contributed by atoms with Crippen LogP contribution in [0.2, 0.25) is 5.02 Å². The van der Waals surface area contributed by atoms with Crippen LogP contribution in [0, 0.1) is 0 Å². The predicted molar refractivity (Wildman–Crippen MR) is 100.0 cm³/mol. The fraction of sp³-hybridized carbons (Fsp3) is 0.111. The molecule has 0 aliphatic heterocycles. The minimum absolute atomic E-state index is 0.0185. The number of nitrogens with one attached hydrogen (secondary N) is 2. The van der Waals surface area contributed by atoms with E-state index < -0.39 is 11.8 Å². The van der Waals surface area contributed by atoms with Gasteiger partial charge in [-0.1, -0.05) is 35.9 Å². The van der Waals surface area contributed by atoms with E-state index in [0.29, 0.717) is 5.02 Å². The maximum atomic E-state index is 12.4. The first-order valence-electron chi connectivity index (χ1n) is 7.48. The lowest BCUT2D eigenvalue weighted by molar-refractivity contribution is -0.117. The third-order valence-corrected chi connectivity index (χ3v) is 3.79. The van der Waals surface area contributed by atoms with Crippen molar-refractivity contribution < 1.29 is 9.59 Å². The summed E-state index contributed by atoms with van der Waals surface area (Å²) in [6, 6.07) is 14.0. The number of carbonyl (C=O) groups excluding carboxylic acids is 2. The van der Waals surface area contributed by atoms with Crippen LogP contribution in [0.5, 0.6) is 0 Å². The van der Waals surface area contributed by atoms with E-state index in [1.807, 2.05) is 48.7 Å². The summed E-state index contributed by atoms with van der Waals surface area (Å²) in [6.07, 6.45) is 1.54. The lowest BCUT2D eigenvalue weighted by atomic mass is 10.1. The Morgan fingerprint density at radius 3 is 2.28 bits per heavy atom. The average molecular weight is 359 g/mol. The Morgan fingerprint density at radius 1 is 1.08 bits per heavy atom. The molecule has 130 valence electrons. The van der Waals surface area contributed by atoms with Crippen molar-refractivity contribution in [1.29, 1.82) is 0 Å². The van der Waals surface area contributed by atoms with E-state index in [1.165, 1.54) is 6.08 Å². The van der Waals surface area contributed by atoms with E-state index in [-0.39, 0.29) is 11.3 Å². The standard InChI is InChI=1S/C18H19ClN4O2/c1-23(2)13-9-7-12(8-10-13)11-16(18(25)22-20)21-17(24)14-5-3-4-6-15(14)19/h3-11H,20H2,1-2H3,(H,21,24)(H,22,25)/b16-11-. The number of anilines is 1. The number of carbonyl (C=O) groups is 2. The van der Waals surface area contributed by atoms with E-state index >= 15 is 0 Å². The molecule has 25 heavy (non-hydrogen) atoms. The summed E-state index contributed by atoms with van der Waals surface area (Å²) in [5.41, 5.74) is 4.06. The molecule has 7 heteroatoms. The monoisotopic (exact) mass is 358 g/mol. The summed E-state index contributed by atoms with van der Waals surface area (Å²) in [5, 5.41) is 2.84. The van der Waals surface area contributed by atoms with Crippen LogP contribution in [-0.2, 0) is 4.79 Å². The molecule has 2 rings (SSSR count). The lowest BCUT2D eigenvalue weighted by Crippen LogP contribution is -2.38. The molecule has 0 spiro atoms. The second kappa shape index (κ2) is 8.32. The molecule has 0 bridgehead atoms. The summed E-state index contributed by atoms with van der Waals surface area (Å²) in [5.74, 6) is 4.10. The molecule has 0 atom stereocenters. The van der Waals surface area contributed by atoms with Gasteiger partial charge in [-0.05, 0) is 35.9 Å². The molecule has 0 aromatic heterocycles. The Kier molecular flexibility index (Phi) is 6.16. The molecular formula is C18H19ClN4O2. The molecule has 0 saturated heterocycles. The maximum Gasteiger partial charge on any atom is 0.281 e. The molecule has 0 radical (unpaired) electrons. The fourth-order valence-electron chi connectivity index (χ4n) is 2.11. The van der Waals surface area contributed by atoms with Crippen molar-refractivity contribution in [3.8, 4) is 0 Å². The van der Waals surface area contributed by atoms with Gasteiger partial charge in [0.15, 0.2) is 0 Å².